The highest BCUT2D eigenvalue weighted by atomic mass is 31.2. The topological polar surface area (TPSA) is 219 Å². The molecule has 0 radical (unpaired) electrons. The van der Waals surface area contributed by atoms with Crippen LogP contribution in [0.5, 0.6) is 17.4 Å². The van der Waals surface area contributed by atoms with E-state index in [0.717, 1.165) is 0 Å². The second-order valence-corrected chi connectivity index (χ2v) is 11.8. The molecule has 1 saturated heterocycles. The van der Waals surface area contributed by atoms with E-state index in [1.165, 1.54) is 10.9 Å². The lowest BCUT2D eigenvalue weighted by molar-refractivity contribution is -0.272. The number of phosphoric ester groups is 1. The lowest BCUT2D eigenvalue weighted by Gasteiger charge is -2.37. The first-order valence-corrected chi connectivity index (χ1v) is 15.7. The summed E-state index contributed by atoms with van der Waals surface area (Å²) in [7, 11) is -2.30. The average molecular weight is 664 g/mol. The second kappa shape index (κ2) is 12.9. The maximum absolute atomic E-state index is 12.3. The third-order valence-electron chi connectivity index (χ3n) is 7.88. The van der Waals surface area contributed by atoms with Gasteiger partial charge in [0.05, 0.1) is 27.2 Å². The summed E-state index contributed by atoms with van der Waals surface area (Å²) in [5.74, 6) is 0.126. The maximum Gasteiger partial charge on any atom is 0.265 e. The molecule has 0 amide bonds. The zero-order chi connectivity index (χ0) is 33.3. The van der Waals surface area contributed by atoms with E-state index < -0.39 is 43.8 Å². The van der Waals surface area contributed by atoms with Crippen molar-refractivity contribution in [3.05, 3.63) is 102 Å². The summed E-state index contributed by atoms with van der Waals surface area (Å²) in [5.41, 5.74) is 6.20. The Hall–Kier alpha value is -4.60. The lowest BCUT2D eigenvalue weighted by atomic mass is 9.80. The summed E-state index contributed by atoms with van der Waals surface area (Å²) in [4.78, 5) is 33.3. The fourth-order valence-electron chi connectivity index (χ4n) is 5.74. The van der Waals surface area contributed by atoms with Gasteiger partial charge in [0.15, 0.2) is 11.9 Å². The summed E-state index contributed by atoms with van der Waals surface area (Å²) in [6.07, 6.45) is -4.88. The number of imidazole rings is 1. The highest BCUT2D eigenvalue weighted by molar-refractivity contribution is 7.44. The van der Waals surface area contributed by atoms with Gasteiger partial charge in [0.25, 0.3) is 7.82 Å². The van der Waals surface area contributed by atoms with Crippen molar-refractivity contribution in [2.45, 2.75) is 30.1 Å². The van der Waals surface area contributed by atoms with Crippen molar-refractivity contribution >= 4 is 24.9 Å². The van der Waals surface area contributed by atoms with Gasteiger partial charge in [-0.15, -0.1) is 0 Å². The highest BCUT2D eigenvalue weighted by Crippen LogP contribution is 2.45. The van der Waals surface area contributed by atoms with Crippen LogP contribution in [0.2, 0.25) is 0 Å². The number of nitrogens with two attached hydrogens (primary N) is 1. The van der Waals surface area contributed by atoms with Crippen LogP contribution in [0.3, 0.4) is 0 Å². The van der Waals surface area contributed by atoms with Gasteiger partial charge < -0.3 is 49.2 Å². The molecule has 3 heterocycles. The molecule has 5 atom stereocenters. The molecule has 5 aromatic rings. The van der Waals surface area contributed by atoms with Crippen LogP contribution in [0.15, 0.2) is 85.2 Å². The molecule has 1 unspecified atom stereocenters. The molecule has 3 aromatic carbocycles. The monoisotopic (exact) mass is 663 g/mol. The van der Waals surface area contributed by atoms with E-state index in [9.17, 15) is 24.6 Å². The Labute approximate surface area is 268 Å². The number of phosphoric acid groups is 1. The van der Waals surface area contributed by atoms with Gasteiger partial charge in [0, 0.05) is 5.88 Å². The molecule has 0 spiro atoms. The van der Waals surface area contributed by atoms with Crippen LogP contribution in [0.1, 0.15) is 22.9 Å². The van der Waals surface area contributed by atoms with Crippen LogP contribution in [0.4, 0.5) is 5.95 Å². The molecular formula is C31H30N5O10P-2. The number of fused-ring (bicyclic) bond motifs is 1. The molecule has 6 rings (SSSR count). The van der Waals surface area contributed by atoms with Crippen LogP contribution in [-0.2, 0) is 24.2 Å². The van der Waals surface area contributed by atoms with Crippen molar-refractivity contribution in [2.24, 2.45) is 0 Å². The largest absolute Gasteiger partial charge is 0.857 e. The molecule has 15 nitrogen and oxygen atoms in total. The first kappa shape index (κ1) is 32.3. The summed E-state index contributed by atoms with van der Waals surface area (Å²) < 4.78 is 41.9. The number of ether oxygens (including phenoxy) is 4. The maximum atomic E-state index is 12.3. The number of aliphatic hydroxyl groups is 1. The molecule has 4 N–H and O–H groups in total. The Balaban J connectivity index is 1.44. The summed E-state index contributed by atoms with van der Waals surface area (Å²) >= 11 is 0. The van der Waals surface area contributed by atoms with E-state index in [0.29, 0.717) is 28.2 Å². The SMILES string of the molecule is COc1ccc(C(OC[C@H]2O[C@@H](n3cnc4c([O-])nc(N)nc43)[C@H](O)[C@@H]2OP(=O)([O-])O)(c2ccccc2)c2ccc(OC)cc2)cc1. The molecule has 0 bridgehead atoms. The molecule has 2 aromatic heterocycles. The number of hydrogen-bond donors (Lipinski definition) is 3. The normalized spacial score (nSPS) is 21.0. The van der Waals surface area contributed by atoms with Crippen LogP contribution in [0, 0.1) is 0 Å². The zero-order valence-electron chi connectivity index (χ0n) is 25.1. The fourth-order valence-corrected chi connectivity index (χ4v) is 6.31. The average Bonchev–Trinajstić information content (AvgIpc) is 3.62. The summed E-state index contributed by atoms with van der Waals surface area (Å²) in [6, 6.07) is 23.7. The molecule has 246 valence electrons. The highest BCUT2D eigenvalue weighted by Gasteiger charge is 2.49. The van der Waals surface area contributed by atoms with Gasteiger partial charge >= 0.3 is 0 Å². The van der Waals surface area contributed by atoms with Crippen molar-refractivity contribution < 1.29 is 48.0 Å². The molecule has 1 fully saturated rings. The Kier molecular flexibility index (Phi) is 8.87. The first-order valence-electron chi connectivity index (χ1n) is 14.3. The number of aromatic nitrogens is 4. The summed E-state index contributed by atoms with van der Waals surface area (Å²) in [5, 5.41) is 23.7. The van der Waals surface area contributed by atoms with Crippen molar-refractivity contribution in [1.82, 2.24) is 19.5 Å². The standard InChI is InChI=1S/C31H32N5O10P/c1-42-21-12-8-19(9-13-21)31(18-6-4-3-5-7-18,20-10-14-22(43-2)15-11-20)44-16-23-26(46-47(39,40)41)25(37)29(45-23)36-17-33-24-27(36)34-30(32)35-28(24)38/h3-15,17,23,25-26,29,37H,16H2,1-2H3,(H2,39,40,41)(H3,32,34,35,38)/p-2/t23-,25-,26-,29-/m1/s1. The number of methoxy groups -OCH3 is 2. The fraction of sp³-hybridized carbons (Fsp3) is 0.258. The predicted octanol–water partition coefficient (Wildman–Crippen LogP) is 1.61. The summed E-state index contributed by atoms with van der Waals surface area (Å²) in [6.45, 7) is -0.373. The van der Waals surface area contributed by atoms with Crippen LogP contribution >= 0.6 is 7.82 Å². The smallest absolute Gasteiger partial charge is 0.265 e. The van der Waals surface area contributed by atoms with Crippen LogP contribution in [0.25, 0.3) is 11.2 Å². The minimum atomic E-state index is -5.41. The molecule has 1 aliphatic rings. The molecule has 0 aliphatic carbocycles. The number of benzene rings is 3. The zero-order valence-corrected chi connectivity index (χ0v) is 26.0. The Bertz CT molecular complexity index is 1840. The minimum absolute atomic E-state index is 0.0590. The van der Waals surface area contributed by atoms with Gasteiger partial charge in [0.2, 0.25) is 5.95 Å². The minimum Gasteiger partial charge on any atom is -0.857 e. The van der Waals surface area contributed by atoms with E-state index in [2.05, 4.69) is 15.0 Å². The number of anilines is 1. The molecule has 0 saturated carbocycles. The number of hydrogen-bond acceptors (Lipinski definition) is 13. The molecular weight excluding hydrogens is 633 g/mol. The molecule has 47 heavy (non-hydrogen) atoms. The number of nitrogen functional groups attached to an aromatic ring is 1. The van der Waals surface area contributed by atoms with E-state index in [4.69, 9.17) is 29.2 Å². The van der Waals surface area contributed by atoms with E-state index in [1.54, 1.807) is 38.5 Å². The predicted molar refractivity (Wildman–Crippen MR) is 162 cm³/mol. The van der Waals surface area contributed by atoms with Crippen LogP contribution in [-0.4, -0.2) is 68.7 Å². The van der Waals surface area contributed by atoms with Crippen molar-refractivity contribution in [2.75, 3.05) is 26.6 Å². The Morgan fingerprint density at radius 3 is 2.09 bits per heavy atom. The Morgan fingerprint density at radius 2 is 1.53 bits per heavy atom. The van der Waals surface area contributed by atoms with E-state index >= 15 is 0 Å². The third-order valence-corrected chi connectivity index (χ3v) is 8.39. The van der Waals surface area contributed by atoms with Gasteiger partial charge in [-0.25, -0.2) is 9.97 Å². The van der Waals surface area contributed by atoms with E-state index in [-0.39, 0.29) is 23.7 Å². The lowest BCUT2D eigenvalue weighted by Crippen LogP contribution is -2.41. The van der Waals surface area contributed by atoms with Crippen molar-refractivity contribution in [1.29, 1.82) is 0 Å². The number of rotatable bonds is 11. The van der Waals surface area contributed by atoms with Gasteiger partial charge in [-0.3, -0.25) is 9.13 Å². The molecule has 1 aliphatic heterocycles. The number of nitrogens with zero attached hydrogens (tertiary/aromatic N) is 4. The van der Waals surface area contributed by atoms with Crippen molar-refractivity contribution in [3.63, 3.8) is 0 Å². The molecule has 16 heteroatoms. The van der Waals surface area contributed by atoms with E-state index in [1.807, 2.05) is 54.6 Å². The van der Waals surface area contributed by atoms with Crippen molar-refractivity contribution in [3.8, 4) is 17.4 Å². The van der Waals surface area contributed by atoms with Crippen LogP contribution < -0.4 is 25.2 Å². The third kappa shape index (κ3) is 6.25. The first-order chi connectivity index (χ1) is 22.5. The van der Waals surface area contributed by atoms with Gasteiger partial charge in [-0.2, -0.15) is 4.98 Å². The van der Waals surface area contributed by atoms with Gasteiger partial charge in [-0.05, 0) is 41.0 Å². The Morgan fingerprint density at radius 1 is 0.957 bits per heavy atom. The van der Waals surface area contributed by atoms with Gasteiger partial charge in [0.1, 0.15) is 40.9 Å². The van der Waals surface area contributed by atoms with Gasteiger partial charge in [-0.1, -0.05) is 54.6 Å². The number of aliphatic hydroxyl groups excluding tert-OH is 1. The quantitative estimate of drug-likeness (QED) is 0.135. The second-order valence-electron chi connectivity index (χ2n) is 10.6.